The predicted molar refractivity (Wildman–Crippen MR) is 87.4 cm³/mol. The molecule has 0 heterocycles. The van der Waals surface area contributed by atoms with E-state index >= 15 is 0 Å². The van der Waals surface area contributed by atoms with Crippen LogP contribution in [0.3, 0.4) is 0 Å². The van der Waals surface area contributed by atoms with Crippen LogP contribution in [0, 0.1) is 0 Å². The molecule has 0 aliphatic heterocycles. The average molecular weight is 304 g/mol. The molecule has 5 nitrogen and oxygen atoms in total. The van der Waals surface area contributed by atoms with Crippen molar-refractivity contribution in [3.05, 3.63) is 35.9 Å². The van der Waals surface area contributed by atoms with Gasteiger partial charge >= 0.3 is 6.09 Å². The Hall–Kier alpha value is -2.17. The molecule has 0 radical (unpaired) electrons. The van der Waals surface area contributed by atoms with Gasteiger partial charge in [-0.15, -0.1) is 0 Å². The third-order valence-electron chi connectivity index (χ3n) is 2.61. The molecule has 0 aromatic heterocycles. The maximum atomic E-state index is 11.6. The summed E-state index contributed by atoms with van der Waals surface area (Å²) in [6.07, 6.45) is 2.21. The largest absolute Gasteiger partial charge is 0.444 e. The smallest absolute Gasteiger partial charge is 0.407 e. The highest BCUT2D eigenvalue weighted by Crippen LogP contribution is 2.06. The zero-order valence-corrected chi connectivity index (χ0v) is 13.5. The summed E-state index contributed by atoms with van der Waals surface area (Å²) in [6, 6.07) is 9.63. The van der Waals surface area contributed by atoms with Crippen LogP contribution in [0.1, 0.15) is 39.2 Å². The Morgan fingerprint density at radius 3 is 2.55 bits per heavy atom. The lowest BCUT2D eigenvalue weighted by Crippen LogP contribution is -2.33. The van der Waals surface area contributed by atoms with Crippen LogP contribution in [0.2, 0.25) is 0 Å². The van der Waals surface area contributed by atoms with Crippen molar-refractivity contribution in [3.8, 4) is 0 Å². The molecule has 1 aromatic carbocycles. The first kappa shape index (κ1) is 17.9. The number of ketones is 1. The third kappa shape index (κ3) is 8.89. The van der Waals surface area contributed by atoms with E-state index in [1.54, 1.807) is 27.0 Å². The number of carbonyl (C=O) groups excluding carboxylic acids is 2. The number of hydrogen-bond donors (Lipinski definition) is 1. The molecule has 1 N–H and O–H groups in total. The van der Waals surface area contributed by atoms with E-state index in [-0.39, 0.29) is 12.3 Å². The Bertz CT molecular complexity index is 504. The summed E-state index contributed by atoms with van der Waals surface area (Å²) in [6.45, 7) is 6.01. The molecule has 0 saturated carbocycles. The number of amides is 1. The zero-order chi connectivity index (χ0) is 16.4. The van der Waals surface area contributed by atoms with Gasteiger partial charge in [0.2, 0.25) is 0 Å². The first-order valence-electron chi connectivity index (χ1n) is 7.40. The van der Waals surface area contributed by atoms with E-state index in [2.05, 4.69) is 10.3 Å². The normalized spacial score (nSPS) is 11.4. The van der Waals surface area contributed by atoms with Crippen molar-refractivity contribution >= 4 is 18.1 Å². The molecule has 0 aliphatic rings. The number of hydrogen-bond acceptors (Lipinski definition) is 4. The summed E-state index contributed by atoms with van der Waals surface area (Å²) in [5, 5.41) is 2.62. The summed E-state index contributed by atoms with van der Waals surface area (Å²) >= 11 is 0. The molecule has 1 amide bonds. The van der Waals surface area contributed by atoms with Crippen molar-refractivity contribution in [1.82, 2.24) is 5.32 Å². The number of rotatable bonds is 7. The number of Topliss-reactive ketones (excluding diaryl/α,β-unsaturated/α-hetero) is 1. The van der Waals surface area contributed by atoms with Crippen molar-refractivity contribution < 1.29 is 14.3 Å². The van der Waals surface area contributed by atoms with Crippen LogP contribution in [0.15, 0.2) is 35.3 Å². The Labute approximate surface area is 131 Å². The van der Waals surface area contributed by atoms with E-state index in [1.165, 1.54) is 0 Å². The van der Waals surface area contributed by atoms with E-state index in [4.69, 9.17) is 4.74 Å². The Kier molecular flexibility index (Phi) is 7.29. The highest BCUT2D eigenvalue weighted by atomic mass is 16.6. The monoisotopic (exact) mass is 304 g/mol. The van der Waals surface area contributed by atoms with Crippen LogP contribution >= 0.6 is 0 Å². The van der Waals surface area contributed by atoms with Gasteiger partial charge < -0.3 is 10.1 Å². The second-order valence-electron chi connectivity index (χ2n) is 5.95. The maximum absolute atomic E-state index is 11.6. The van der Waals surface area contributed by atoms with Gasteiger partial charge in [0, 0.05) is 19.2 Å². The van der Waals surface area contributed by atoms with Crippen LogP contribution in [0.4, 0.5) is 4.79 Å². The molecule has 5 heteroatoms. The molecular weight excluding hydrogens is 280 g/mol. The Balaban J connectivity index is 2.14. The first-order valence-corrected chi connectivity index (χ1v) is 7.40. The van der Waals surface area contributed by atoms with E-state index in [0.717, 1.165) is 5.56 Å². The molecule has 0 spiro atoms. The average Bonchev–Trinajstić information content (AvgIpc) is 2.43. The standard InChI is InChI=1S/C17H24N2O3/c1-17(2,3)22-16(21)19-11-7-10-15(20)13-18-12-14-8-5-4-6-9-14/h4-6,8-9,12H,7,10-11,13H2,1-3H3,(H,19,21). The van der Waals surface area contributed by atoms with E-state index < -0.39 is 11.7 Å². The third-order valence-corrected chi connectivity index (χ3v) is 2.61. The summed E-state index contributed by atoms with van der Waals surface area (Å²) in [4.78, 5) is 27.2. The van der Waals surface area contributed by atoms with Crippen molar-refractivity contribution in [1.29, 1.82) is 0 Å². The lowest BCUT2D eigenvalue weighted by molar-refractivity contribution is -0.117. The highest BCUT2D eigenvalue weighted by molar-refractivity contribution is 5.85. The lowest BCUT2D eigenvalue weighted by atomic mass is 10.2. The van der Waals surface area contributed by atoms with Gasteiger partial charge in [-0.2, -0.15) is 0 Å². The van der Waals surface area contributed by atoms with Gasteiger partial charge in [0.25, 0.3) is 0 Å². The van der Waals surface area contributed by atoms with Gasteiger partial charge in [0.05, 0.1) is 6.54 Å². The number of alkyl carbamates (subject to hydrolysis) is 1. The molecule has 1 rings (SSSR count). The first-order chi connectivity index (χ1) is 10.4. The molecular formula is C17H24N2O3. The maximum Gasteiger partial charge on any atom is 0.407 e. The van der Waals surface area contributed by atoms with Crippen molar-refractivity contribution in [3.63, 3.8) is 0 Å². The van der Waals surface area contributed by atoms with Gasteiger partial charge in [-0.3, -0.25) is 9.79 Å². The molecule has 0 fully saturated rings. The molecule has 0 bridgehead atoms. The summed E-state index contributed by atoms with van der Waals surface area (Å²) in [5.74, 6) is 0.0539. The topological polar surface area (TPSA) is 67.8 Å². The molecule has 0 unspecified atom stereocenters. The second kappa shape index (κ2) is 8.97. The van der Waals surface area contributed by atoms with Crippen LogP contribution in [-0.2, 0) is 9.53 Å². The number of nitrogens with zero attached hydrogens (tertiary/aromatic N) is 1. The number of ether oxygens (including phenoxy) is 1. The fraction of sp³-hybridized carbons (Fsp3) is 0.471. The SMILES string of the molecule is CC(C)(C)OC(=O)NCCCC(=O)CN=Cc1ccccc1. The van der Waals surface area contributed by atoms with Gasteiger partial charge in [-0.05, 0) is 32.8 Å². The van der Waals surface area contributed by atoms with Crippen LogP contribution in [0.5, 0.6) is 0 Å². The minimum absolute atomic E-state index is 0.0539. The molecule has 0 aliphatic carbocycles. The van der Waals surface area contributed by atoms with Crippen molar-refractivity contribution in [2.45, 2.75) is 39.2 Å². The van der Waals surface area contributed by atoms with Crippen LogP contribution in [0.25, 0.3) is 0 Å². The van der Waals surface area contributed by atoms with Crippen LogP contribution < -0.4 is 5.32 Å². The zero-order valence-electron chi connectivity index (χ0n) is 13.5. The fourth-order valence-corrected chi connectivity index (χ4v) is 1.66. The van der Waals surface area contributed by atoms with Gasteiger partial charge in [-0.25, -0.2) is 4.79 Å². The summed E-state index contributed by atoms with van der Waals surface area (Å²) in [5.41, 5.74) is 0.466. The number of aliphatic imine (C=N–C) groups is 1. The molecule has 1 aromatic rings. The molecule has 0 atom stereocenters. The minimum Gasteiger partial charge on any atom is -0.444 e. The number of carbonyl (C=O) groups is 2. The highest BCUT2D eigenvalue weighted by Gasteiger charge is 2.15. The van der Waals surface area contributed by atoms with Crippen LogP contribution in [-0.4, -0.2) is 36.8 Å². The Morgan fingerprint density at radius 1 is 1.23 bits per heavy atom. The van der Waals surface area contributed by atoms with Gasteiger partial charge in [0.1, 0.15) is 5.60 Å². The minimum atomic E-state index is -0.508. The quantitative estimate of drug-likeness (QED) is 0.622. The molecule has 0 saturated heterocycles. The number of benzene rings is 1. The van der Waals surface area contributed by atoms with Gasteiger partial charge in [0.15, 0.2) is 5.78 Å². The summed E-state index contributed by atoms with van der Waals surface area (Å²) in [7, 11) is 0. The van der Waals surface area contributed by atoms with Gasteiger partial charge in [-0.1, -0.05) is 30.3 Å². The molecule has 22 heavy (non-hydrogen) atoms. The molecule has 120 valence electrons. The Morgan fingerprint density at radius 2 is 1.91 bits per heavy atom. The lowest BCUT2D eigenvalue weighted by Gasteiger charge is -2.19. The predicted octanol–water partition coefficient (Wildman–Crippen LogP) is 2.98. The van der Waals surface area contributed by atoms with E-state index in [0.29, 0.717) is 19.4 Å². The van der Waals surface area contributed by atoms with E-state index in [1.807, 2.05) is 30.3 Å². The van der Waals surface area contributed by atoms with Crippen molar-refractivity contribution in [2.24, 2.45) is 4.99 Å². The number of nitrogens with one attached hydrogen (secondary N) is 1. The second-order valence-corrected chi connectivity index (χ2v) is 5.95. The fourth-order valence-electron chi connectivity index (χ4n) is 1.66. The summed E-state index contributed by atoms with van der Waals surface area (Å²) < 4.78 is 5.10. The van der Waals surface area contributed by atoms with Crippen molar-refractivity contribution in [2.75, 3.05) is 13.1 Å². The van der Waals surface area contributed by atoms with E-state index in [9.17, 15) is 9.59 Å².